The van der Waals surface area contributed by atoms with Crippen LogP contribution in [-0.4, -0.2) is 16.8 Å². The van der Waals surface area contributed by atoms with Crippen molar-refractivity contribution in [3.05, 3.63) is 108 Å². The molecule has 0 aliphatic carbocycles. The van der Waals surface area contributed by atoms with E-state index in [1.54, 1.807) is 73.1 Å². The first-order chi connectivity index (χ1) is 13.6. The predicted molar refractivity (Wildman–Crippen MR) is 106 cm³/mol. The quantitative estimate of drug-likeness (QED) is 0.669. The van der Waals surface area contributed by atoms with Crippen molar-refractivity contribution in [1.29, 1.82) is 0 Å². The monoisotopic (exact) mass is 377 g/mol. The molecule has 0 atom stereocenters. The lowest BCUT2D eigenvalue weighted by Crippen LogP contribution is -2.23. The number of aromatic nitrogens is 1. The minimum absolute atomic E-state index is 0.195. The number of halogens is 1. The van der Waals surface area contributed by atoms with Gasteiger partial charge in [-0.1, -0.05) is 36.4 Å². The first-order valence-corrected chi connectivity index (χ1v) is 8.50. The molecule has 3 rings (SSSR count). The molecule has 0 aliphatic heterocycles. The number of nitrogens with zero attached hydrogens (tertiary/aromatic N) is 1. The fourth-order valence-electron chi connectivity index (χ4n) is 2.16. The summed E-state index contributed by atoms with van der Waals surface area (Å²) >= 11 is 0. The number of nitrogens with one attached hydrogen (secondary N) is 1. The van der Waals surface area contributed by atoms with Crippen molar-refractivity contribution in [3.63, 3.8) is 0 Å². The molecule has 5 nitrogen and oxygen atoms in total. The summed E-state index contributed by atoms with van der Waals surface area (Å²) in [5.74, 6) is -0.948. The van der Waals surface area contributed by atoms with Gasteiger partial charge in [0.15, 0.2) is 0 Å². The van der Waals surface area contributed by atoms with Gasteiger partial charge in [-0.3, -0.25) is 14.6 Å². The topological polar surface area (TPSA) is 85.1 Å². The molecule has 2 aromatic carbocycles. The molecule has 3 aromatic rings. The third-order valence-electron chi connectivity index (χ3n) is 3.58. The van der Waals surface area contributed by atoms with Crippen molar-refractivity contribution in [1.82, 2.24) is 10.3 Å². The van der Waals surface area contributed by atoms with E-state index in [-0.39, 0.29) is 18.3 Å². The van der Waals surface area contributed by atoms with E-state index in [0.717, 1.165) is 5.56 Å². The molecule has 0 aliphatic rings. The molecule has 0 saturated carbocycles. The van der Waals surface area contributed by atoms with Gasteiger partial charge in [0.05, 0.1) is 0 Å². The average molecular weight is 377 g/mol. The lowest BCUT2D eigenvalue weighted by molar-refractivity contribution is -0.113. The SMILES string of the molecule is NC(=O)/C=C/c1ccncc1.O=C(NCc1ccccc1F)c1ccccc1. The molecular formula is C22H20FN3O2. The van der Waals surface area contributed by atoms with Crippen LogP contribution in [0.1, 0.15) is 21.5 Å². The van der Waals surface area contributed by atoms with Gasteiger partial charge < -0.3 is 11.1 Å². The smallest absolute Gasteiger partial charge is 0.251 e. The molecule has 28 heavy (non-hydrogen) atoms. The number of hydrogen-bond donors (Lipinski definition) is 2. The maximum Gasteiger partial charge on any atom is 0.251 e. The summed E-state index contributed by atoms with van der Waals surface area (Å²) < 4.78 is 13.3. The molecule has 0 unspecified atom stereocenters. The van der Waals surface area contributed by atoms with Crippen LogP contribution in [0.3, 0.4) is 0 Å². The van der Waals surface area contributed by atoms with E-state index in [0.29, 0.717) is 11.1 Å². The first-order valence-electron chi connectivity index (χ1n) is 8.50. The second-order valence-corrected chi connectivity index (χ2v) is 5.66. The van der Waals surface area contributed by atoms with Crippen LogP contribution >= 0.6 is 0 Å². The Balaban J connectivity index is 0.000000221. The number of rotatable bonds is 5. The summed E-state index contributed by atoms with van der Waals surface area (Å²) in [6.45, 7) is 0.195. The second-order valence-electron chi connectivity index (χ2n) is 5.66. The minimum Gasteiger partial charge on any atom is -0.366 e. The molecular weight excluding hydrogens is 357 g/mol. The maximum absolute atomic E-state index is 13.3. The Morgan fingerprint density at radius 1 is 0.964 bits per heavy atom. The van der Waals surface area contributed by atoms with Gasteiger partial charge in [0.1, 0.15) is 5.82 Å². The van der Waals surface area contributed by atoms with Gasteiger partial charge in [0.2, 0.25) is 5.91 Å². The standard InChI is InChI=1S/C14H12FNO.C8H8N2O/c15-13-9-5-4-8-12(13)10-16-14(17)11-6-2-1-3-7-11;9-8(11)2-1-7-3-5-10-6-4-7/h1-9H,10H2,(H,16,17);1-6H,(H2,9,11)/b;2-1+. The van der Waals surface area contributed by atoms with Crippen LogP contribution in [0.15, 0.2) is 85.2 Å². The van der Waals surface area contributed by atoms with Crippen molar-refractivity contribution >= 4 is 17.9 Å². The highest BCUT2D eigenvalue weighted by atomic mass is 19.1. The minimum atomic E-state index is -0.443. The van der Waals surface area contributed by atoms with E-state index in [4.69, 9.17) is 5.73 Å². The molecule has 3 N–H and O–H groups in total. The Morgan fingerprint density at radius 3 is 2.25 bits per heavy atom. The van der Waals surface area contributed by atoms with E-state index in [9.17, 15) is 14.0 Å². The van der Waals surface area contributed by atoms with Crippen LogP contribution < -0.4 is 11.1 Å². The molecule has 142 valence electrons. The molecule has 1 aromatic heterocycles. The van der Waals surface area contributed by atoms with Crippen LogP contribution in [0.2, 0.25) is 0 Å². The van der Waals surface area contributed by atoms with E-state index in [2.05, 4.69) is 10.3 Å². The molecule has 6 heteroatoms. The first kappa shape index (κ1) is 20.5. The fourth-order valence-corrected chi connectivity index (χ4v) is 2.16. The van der Waals surface area contributed by atoms with Gasteiger partial charge in [-0.2, -0.15) is 0 Å². The van der Waals surface area contributed by atoms with Crippen molar-refractivity contribution in [2.75, 3.05) is 0 Å². The largest absolute Gasteiger partial charge is 0.366 e. The molecule has 0 spiro atoms. The lowest BCUT2D eigenvalue weighted by Gasteiger charge is -2.05. The van der Waals surface area contributed by atoms with Crippen molar-refractivity contribution < 1.29 is 14.0 Å². The molecule has 2 amide bonds. The Kier molecular flexibility index (Phi) is 8.08. The van der Waals surface area contributed by atoms with Crippen molar-refractivity contribution in [2.45, 2.75) is 6.54 Å². The lowest BCUT2D eigenvalue weighted by atomic mass is 10.2. The van der Waals surface area contributed by atoms with E-state index in [1.165, 1.54) is 12.1 Å². The highest BCUT2D eigenvalue weighted by Crippen LogP contribution is 2.06. The zero-order valence-corrected chi connectivity index (χ0v) is 15.1. The van der Waals surface area contributed by atoms with Crippen LogP contribution in [0, 0.1) is 5.82 Å². The zero-order valence-electron chi connectivity index (χ0n) is 15.1. The van der Waals surface area contributed by atoms with Crippen LogP contribution in [0.5, 0.6) is 0 Å². The van der Waals surface area contributed by atoms with Crippen molar-refractivity contribution in [2.24, 2.45) is 5.73 Å². The summed E-state index contributed by atoms with van der Waals surface area (Å²) in [5.41, 5.74) is 6.87. The highest BCUT2D eigenvalue weighted by molar-refractivity contribution is 5.94. The van der Waals surface area contributed by atoms with Gasteiger partial charge >= 0.3 is 0 Å². The Bertz CT molecular complexity index is 929. The summed E-state index contributed by atoms with van der Waals surface area (Å²) in [4.78, 5) is 25.8. The average Bonchev–Trinajstić information content (AvgIpc) is 2.73. The molecule has 0 fully saturated rings. The number of primary amides is 1. The van der Waals surface area contributed by atoms with Crippen LogP contribution in [0.25, 0.3) is 6.08 Å². The van der Waals surface area contributed by atoms with Crippen LogP contribution in [-0.2, 0) is 11.3 Å². The molecule has 0 bridgehead atoms. The molecule has 1 heterocycles. The van der Waals surface area contributed by atoms with Gasteiger partial charge in [-0.25, -0.2) is 4.39 Å². The van der Waals surface area contributed by atoms with Gasteiger partial charge in [0, 0.05) is 36.1 Å². The number of carbonyl (C=O) groups is 2. The second kappa shape index (κ2) is 11.0. The third-order valence-corrected chi connectivity index (χ3v) is 3.58. The summed E-state index contributed by atoms with van der Waals surface area (Å²) in [6, 6.07) is 18.8. The Hall–Kier alpha value is -3.80. The molecule has 0 radical (unpaired) electrons. The van der Waals surface area contributed by atoms with Gasteiger partial charge in [-0.05, 0) is 42.0 Å². The Labute approximate surface area is 162 Å². The summed E-state index contributed by atoms with van der Waals surface area (Å²) in [7, 11) is 0. The number of carbonyl (C=O) groups excluding carboxylic acids is 2. The fraction of sp³-hybridized carbons (Fsp3) is 0.0455. The van der Waals surface area contributed by atoms with Crippen LogP contribution in [0.4, 0.5) is 4.39 Å². The Morgan fingerprint density at radius 2 is 1.61 bits per heavy atom. The van der Waals surface area contributed by atoms with E-state index >= 15 is 0 Å². The van der Waals surface area contributed by atoms with Gasteiger partial charge in [0.25, 0.3) is 5.91 Å². The van der Waals surface area contributed by atoms with E-state index < -0.39 is 5.91 Å². The highest BCUT2D eigenvalue weighted by Gasteiger charge is 2.05. The number of amides is 2. The summed E-state index contributed by atoms with van der Waals surface area (Å²) in [5, 5.41) is 2.68. The number of benzene rings is 2. The third kappa shape index (κ3) is 7.21. The van der Waals surface area contributed by atoms with E-state index in [1.807, 2.05) is 6.07 Å². The van der Waals surface area contributed by atoms with Crippen molar-refractivity contribution in [3.8, 4) is 0 Å². The van der Waals surface area contributed by atoms with Gasteiger partial charge in [-0.15, -0.1) is 0 Å². The summed E-state index contributed by atoms with van der Waals surface area (Å²) in [6.07, 6.45) is 6.26. The number of pyridine rings is 1. The number of nitrogens with two attached hydrogens (primary N) is 1. The zero-order chi connectivity index (χ0) is 20.2. The molecule has 0 saturated heterocycles. The maximum atomic E-state index is 13.3. The number of hydrogen-bond acceptors (Lipinski definition) is 3. The predicted octanol–water partition coefficient (Wildman–Crippen LogP) is 3.34. The normalized spacial score (nSPS) is 10.0.